The van der Waals surface area contributed by atoms with Crippen LogP contribution in [0.1, 0.15) is 50.4 Å². The second-order valence-electron chi connectivity index (χ2n) is 11.3. The van der Waals surface area contributed by atoms with Gasteiger partial charge in [-0.1, -0.05) is 13.3 Å². The largest absolute Gasteiger partial charge is 0.494 e. The van der Waals surface area contributed by atoms with E-state index in [9.17, 15) is 17.6 Å². The third-order valence-electron chi connectivity index (χ3n) is 7.87. The third-order valence-corrected chi connectivity index (χ3v) is 7.87. The van der Waals surface area contributed by atoms with Gasteiger partial charge in [0, 0.05) is 50.0 Å². The van der Waals surface area contributed by atoms with Gasteiger partial charge in [-0.05, 0) is 99.0 Å². The SMILES string of the molecule is CCCCc1nc(-c2ccc(OCCCCCN3CCNCC3)cc2)cn1-c1ccc(Oc2ccc(F)c(C(F)(F)F)c2)cc1. The number of alkyl halides is 3. The number of benzene rings is 3. The molecule has 240 valence electrons. The van der Waals surface area contributed by atoms with Crippen LogP contribution in [-0.4, -0.2) is 53.8 Å². The maximum Gasteiger partial charge on any atom is 0.419 e. The molecule has 1 aliphatic heterocycles. The summed E-state index contributed by atoms with van der Waals surface area (Å²) >= 11 is 0. The van der Waals surface area contributed by atoms with Crippen LogP contribution in [0, 0.1) is 5.82 Å². The lowest BCUT2D eigenvalue weighted by molar-refractivity contribution is -0.140. The fourth-order valence-electron chi connectivity index (χ4n) is 5.35. The molecule has 0 amide bonds. The van der Waals surface area contributed by atoms with E-state index in [2.05, 4.69) is 17.1 Å². The maximum atomic E-state index is 13.7. The van der Waals surface area contributed by atoms with Crippen molar-refractivity contribution in [2.45, 2.75) is 51.6 Å². The Morgan fingerprint density at radius 2 is 1.56 bits per heavy atom. The molecule has 2 heterocycles. The fraction of sp³-hybridized carbons (Fsp3) is 0.400. The first-order chi connectivity index (χ1) is 21.8. The highest BCUT2D eigenvalue weighted by atomic mass is 19.4. The Hall–Kier alpha value is -3.89. The zero-order valence-corrected chi connectivity index (χ0v) is 25.6. The van der Waals surface area contributed by atoms with E-state index in [1.807, 2.05) is 47.2 Å². The van der Waals surface area contributed by atoms with Crippen molar-refractivity contribution in [2.24, 2.45) is 0 Å². The van der Waals surface area contributed by atoms with Gasteiger partial charge in [0.1, 0.15) is 28.9 Å². The van der Waals surface area contributed by atoms with Crippen molar-refractivity contribution < 1.29 is 27.0 Å². The van der Waals surface area contributed by atoms with Crippen molar-refractivity contribution >= 4 is 0 Å². The van der Waals surface area contributed by atoms with Crippen molar-refractivity contribution in [3.63, 3.8) is 0 Å². The molecule has 1 fully saturated rings. The smallest absolute Gasteiger partial charge is 0.419 e. The van der Waals surface area contributed by atoms with Crippen LogP contribution in [0.2, 0.25) is 0 Å². The van der Waals surface area contributed by atoms with E-state index in [4.69, 9.17) is 14.5 Å². The van der Waals surface area contributed by atoms with Crippen LogP contribution in [0.5, 0.6) is 17.2 Å². The second kappa shape index (κ2) is 15.4. The van der Waals surface area contributed by atoms with Crippen LogP contribution in [0.25, 0.3) is 16.9 Å². The highest BCUT2D eigenvalue weighted by Gasteiger charge is 2.34. The highest BCUT2D eigenvalue weighted by Crippen LogP contribution is 2.35. The summed E-state index contributed by atoms with van der Waals surface area (Å²) in [7, 11) is 0. The number of hydrogen-bond acceptors (Lipinski definition) is 5. The number of imidazole rings is 1. The van der Waals surface area contributed by atoms with Crippen LogP contribution >= 0.6 is 0 Å². The molecule has 10 heteroatoms. The molecule has 0 unspecified atom stereocenters. The van der Waals surface area contributed by atoms with E-state index in [0.717, 1.165) is 99.4 Å². The van der Waals surface area contributed by atoms with Gasteiger partial charge in [-0.25, -0.2) is 9.37 Å². The zero-order valence-electron chi connectivity index (χ0n) is 25.6. The van der Waals surface area contributed by atoms with Gasteiger partial charge in [-0.3, -0.25) is 0 Å². The average molecular weight is 625 g/mol. The van der Waals surface area contributed by atoms with Crippen molar-refractivity contribution in [2.75, 3.05) is 39.3 Å². The molecule has 3 aromatic carbocycles. The Balaban J connectivity index is 1.20. The molecule has 1 aromatic heterocycles. The average Bonchev–Trinajstić information content (AvgIpc) is 3.47. The molecule has 1 N–H and O–H groups in total. The topological polar surface area (TPSA) is 51.5 Å². The third kappa shape index (κ3) is 9.08. The summed E-state index contributed by atoms with van der Waals surface area (Å²) in [6.07, 6.45) is 3.35. The lowest BCUT2D eigenvalue weighted by atomic mass is 10.1. The Bertz CT molecular complexity index is 1500. The van der Waals surface area contributed by atoms with Gasteiger partial charge in [-0.2, -0.15) is 13.2 Å². The van der Waals surface area contributed by atoms with Crippen LogP contribution in [0.15, 0.2) is 72.9 Å². The predicted octanol–water partition coefficient (Wildman–Crippen LogP) is 8.29. The lowest BCUT2D eigenvalue weighted by Gasteiger charge is -2.26. The minimum absolute atomic E-state index is 0.0942. The number of rotatable bonds is 14. The van der Waals surface area contributed by atoms with Gasteiger partial charge < -0.3 is 24.3 Å². The first-order valence-corrected chi connectivity index (χ1v) is 15.7. The van der Waals surface area contributed by atoms with E-state index in [1.165, 1.54) is 12.5 Å². The van der Waals surface area contributed by atoms with Crippen molar-refractivity contribution in [3.05, 3.63) is 90.1 Å². The number of aryl methyl sites for hydroxylation is 1. The number of nitrogens with one attached hydrogen (secondary N) is 1. The summed E-state index contributed by atoms with van der Waals surface area (Å²) in [5.74, 6) is 0.656. The predicted molar refractivity (Wildman–Crippen MR) is 168 cm³/mol. The standard InChI is InChI=1S/C35H40F4N4O2/c1-2-3-7-34-41-33(26-8-12-28(13-9-26)44-23-6-4-5-20-42-21-18-40-19-22-42)25-43(34)27-10-14-29(15-11-27)45-30-16-17-32(36)31(24-30)35(37,38)39/h8-17,24-25,40H,2-7,18-23H2,1H3. The molecule has 1 saturated heterocycles. The van der Waals surface area contributed by atoms with Crippen molar-refractivity contribution in [1.82, 2.24) is 19.8 Å². The summed E-state index contributed by atoms with van der Waals surface area (Å²) in [6, 6.07) is 17.6. The lowest BCUT2D eigenvalue weighted by Crippen LogP contribution is -2.43. The summed E-state index contributed by atoms with van der Waals surface area (Å²) < 4.78 is 66.6. The Morgan fingerprint density at radius 1 is 0.844 bits per heavy atom. The quantitative estimate of drug-likeness (QED) is 0.113. The first-order valence-electron chi connectivity index (χ1n) is 15.7. The summed E-state index contributed by atoms with van der Waals surface area (Å²) in [5, 5.41) is 3.39. The van der Waals surface area contributed by atoms with Gasteiger partial charge in [0.2, 0.25) is 0 Å². The molecule has 45 heavy (non-hydrogen) atoms. The van der Waals surface area contributed by atoms with Gasteiger partial charge in [0.25, 0.3) is 0 Å². The van der Waals surface area contributed by atoms with Crippen LogP contribution in [0.4, 0.5) is 17.6 Å². The normalized spacial score (nSPS) is 14.1. The molecule has 6 nitrogen and oxygen atoms in total. The van der Waals surface area contributed by atoms with Gasteiger partial charge in [0.15, 0.2) is 0 Å². The van der Waals surface area contributed by atoms with Gasteiger partial charge >= 0.3 is 6.18 Å². The zero-order chi connectivity index (χ0) is 31.6. The summed E-state index contributed by atoms with van der Waals surface area (Å²) in [6.45, 7) is 8.43. The Labute approximate surface area is 262 Å². The van der Waals surface area contributed by atoms with Gasteiger partial charge in [-0.15, -0.1) is 0 Å². The fourth-order valence-corrected chi connectivity index (χ4v) is 5.35. The number of ether oxygens (including phenoxy) is 2. The van der Waals surface area contributed by atoms with Crippen LogP contribution in [-0.2, 0) is 12.6 Å². The molecular formula is C35H40F4N4O2. The molecule has 5 rings (SSSR count). The highest BCUT2D eigenvalue weighted by molar-refractivity contribution is 5.61. The monoisotopic (exact) mass is 624 g/mol. The van der Waals surface area contributed by atoms with E-state index >= 15 is 0 Å². The van der Waals surface area contributed by atoms with Crippen LogP contribution < -0.4 is 14.8 Å². The summed E-state index contributed by atoms with van der Waals surface area (Å²) in [5.41, 5.74) is 1.30. The molecular weight excluding hydrogens is 584 g/mol. The number of piperazine rings is 1. The molecule has 4 aromatic rings. The Kier molecular flexibility index (Phi) is 11.1. The second-order valence-corrected chi connectivity index (χ2v) is 11.3. The Morgan fingerprint density at radius 3 is 2.27 bits per heavy atom. The number of aromatic nitrogens is 2. The van der Waals surface area contributed by atoms with Crippen molar-refractivity contribution in [3.8, 4) is 34.2 Å². The molecule has 1 aliphatic rings. The van der Waals surface area contributed by atoms with Crippen LogP contribution in [0.3, 0.4) is 0 Å². The summed E-state index contributed by atoms with van der Waals surface area (Å²) in [4.78, 5) is 7.45. The molecule has 0 radical (unpaired) electrons. The van der Waals surface area contributed by atoms with E-state index in [0.29, 0.717) is 18.4 Å². The molecule has 0 bridgehead atoms. The first kappa shape index (κ1) is 32.5. The molecule has 0 saturated carbocycles. The molecule has 0 spiro atoms. The van der Waals surface area contributed by atoms with E-state index in [-0.39, 0.29) is 5.75 Å². The van der Waals surface area contributed by atoms with E-state index < -0.39 is 17.6 Å². The molecule has 0 atom stereocenters. The van der Waals surface area contributed by atoms with E-state index in [1.54, 1.807) is 12.1 Å². The number of unbranched alkanes of at least 4 members (excludes halogenated alkanes) is 3. The number of halogens is 4. The molecule has 0 aliphatic carbocycles. The number of hydrogen-bond donors (Lipinski definition) is 1. The maximum absolute atomic E-state index is 13.7. The number of nitrogens with zero attached hydrogens (tertiary/aromatic N) is 3. The minimum Gasteiger partial charge on any atom is -0.494 e. The van der Waals surface area contributed by atoms with Crippen molar-refractivity contribution in [1.29, 1.82) is 0 Å². The minimum atomic E-state index is -4.81. The van der Waals surface area contributed by atoms with Gasteiger partial charge in [0.05, 0.1) is 17.9 Å².